The third-order valence-corrected chi connectivity index (χ3v) is 3.17. The molecule has 2 aromatic rings. The van der Waals surface area contributed by atoms with Crippen molar-refractivity contribution < 1.29 is 0 Å². The van der Waals surface area contributed by atoms with Crippen LogP contribution in [0.5, 0.6) is 0 Å². The molecule has 0 aliphatic heterocycles. The summed E-state index contributed by atoms with van der Waals surface area (Å²) in [4.78, 5) is 4.72. The highest BCUT2D eigenvalue weighted by molar-refractivity contribution is 5.75. The molecule has 2 nitrogen and oxygen atoms in total. The van der Waals surface area contributed by atoms with Crippen LogP contribution in [-0.4, -0.2) is 9.55 Å². The molecule has 0 saturated heterocycles. The zero-order valence-electron chi connectivity index (χ0n) is 9.70. The Morgan fingerprint density at radius 1 is 1.20 bits per heavy atom. The number of hydrogen-bond donors (Lipinski definition) is 0. The molecule has 0 saturated carbocycles. The highest BCUT2D eigenvalue weighted by Gasteiger charge is 2.14. The van der Waals surface area contributed by atoms with Crippen molar-refractivity contribution in [1.82, 2.24) is 9.55 Å². The normalized spacial score (nSPS) is 11.5. The molecule has 2 rings (SSSR count). The van der Waals surface area contributed by atoms with Gasteiger partial charge in [0.2, 0.25) is 0 Å². The summed E-state index contributed by atoms with van der Waals surface area (Å²) in [7, 11) is 2.11. The van der Waals surface area contributed by atoms with Gasteiger partial charge < -0.3 is 4.57 Å². The van der Waals surface area contributed by atoms with Crippen LogP contribution in [0.15, 0.2) is 24.3 Å². The second-order valence-electron chi connectivity index (χ2n) is 4.03. The lowest BCUT2D eigenvalue weighted by Gasteiger charge is -2.11. The molecule has 0 radical (unpaired) electrons. The summed E-state index contributed by atoms with van der Waals surface area (Å²) in [6.45, 7) is 4.46. The lowest BCUT2D eigenvalue weighted by Crippen LogP contribution is -2.04. The molecule has 0 amide bonds. The van der Waals surface area contributed by atoms with Crippen molar-refractivity contribution in [1.29, 1.82) is 0 Å². The Bertz CT molecular complexity index is 453. The fourth-order valence-electron chi connectivity index (χ4n) is 2.18. The number of hydrogen-bond acceptors (Lipinski definition) is 1. The van der Waals surface area contributed by atoms with Crippen molar-refractivity contribution in [3.8, 4) is 0 Å². The van der Waals surface area contributed by atoms with Gasteiger partial charge in [0, 0.05) is 13.0 Å². The van der Waals surface area contributed by atoms with Gasteiger partial charge in [0.15, 0.2) is 0 Å². The average molecular weight is 202 g/mol. The van der Waals surface area contributed by atoms with Gasteiger partial charge >= 0.3 is 0 Å². The minimum Gasteiger partial charge on any atom is -0.331 e. The lowest BCUT2D eigenvalue weighted by molar-refractivity contribution is 0.582. The fraction of sp³-hybridized carbons (Fsp3) is 0.462. The van der Waals surface area contributed by atoms with Crippen molar-refractivity contribution in [2.24, 2.45) is 7.05 Å². The molecule has 0 fully saturated rings. The molecule has 0 aliphatic carbocycles. The van der Waals surface area contributed by atoms with E-state index in [1.165, 1.54) is 11.3 Å². The highest BCUT2D eigenvalue weighted by Crippen LogP contribution is 2.25. The molecule has 0 aliphatic rings. The topological polar surface area (TPSA) is 17.8 Å². The predicted octanol–water partition coefficient (Wildman–Crippen LogP) is 3.48. The van der Waals surface area contributed by atoms with Gasteiger partial charge in [-0.25, -0.2) is 4.98 Å². The molecule has 1 aromatic carbocycles. The van der Waals surface area contributed by atoms with E-state index in [-0.39, 0.29) is 0 Å². The van der Waals surface area contributed by atoms with Crippen molar-refractivity contribution in [3.63, 3.8) is 0 Å². The molecule has 15 heavy (non-hydrogen) atoms. The molecule has 0 N–H and O–H groups in total. The molecule has 0 atom stereocenters. The third kappa shape index (κ3) is 1.65. The van der Waals surface area contributed by atoms with Crippen molar-refractivity contribution >= 4 is 11.0 Å². The maximum atomic E-state index is 4.72. The minimum atomic E-state index is 0.586. The number of para-hydroxylation sites is 2. The molecule has 2 heteroatoms. The Kier molecular flexibility index (Phi) is 2.76. The fourth-order valence-corrected chi connectivity index (χ4v) is 2.18. The standard InChI is InChI=1S/C13H18N2/c1-4-10(5-2)13-14-11-8-6-7-9-12(11)15(13)3/h6-10H,4-5H2,1-3H3. The maximum absolute atomic E-state index is 4.72. The van der Waals surface area contributed by atoms with Crippen LogP contribution in [0.4, 0.5) is 0 Å². The first-order valence-corrected chi connectivity index (χ1v) is 5.69. The van der Waals surface area contributed by atoms with E-state index in [2.05, 4.69) is 43.7 Å². The van der Waals surface area contributed by atoms with E-state index in [4.69, 9.17) is 4.98 Å². The summed E-state index contributed by atoms with van der Waals surface area (Å²) >= 11 is 0. The SMILES string of the molecule is CCC(CC)c1nc2ccccc2n1C. The van der Waals surface area contributed by atoms with Crippen LogP contribution < -0.4 is 0 Å². The van der Waals surface area contributed by atoms with E-state index in [9.17, 15) is 0 Å². The number of imidazole rings is 1. The monoisotopic (exact) mass is 202 g/mol. The van der Waals surface area contributed by atoms with Gasteiger partial charge in [-0.3, -0.25) is 0 Å². The Balaban J connectivity index is 2.57. The quantitative estimate of drug-likeness (QED) is 0.745. The molecule has 80 valence electrons. The van der Waals surface area contributed by atoms with Crippen LogP contribution >= 0.6 is 0 Å². The van der Waals surface area contributed by atoms with Crippen LogP contribution in [-0.2, 0) is 7.05 Å². The highest BCUT2D eigenvalue weighted by atomic mass is 15.1. The number of benzene rings is 1. The Morgan fingerprint density at radius 3 is 2.47 bits per heavy atom. The predicted molar refractivity (Wildman–Crippen MR) is 64.0 cm³/mol. The summed E-state index contributed by atoms with van der Waals surface area (Å²) in [5, 5.41) is 0. The molecular formula is C13H18N2. The van der Waals surface area contributed by atoms with Crippen LogP contribution in [0.1, 0.15) is 38.4 Å². The van der Waals surface area contributed by atoms with Crippen molar-refractivity contribution in [3.05, 3.63) is 30.1 Å². The van der Waals surface area contributed by atoms with E-state index in [0.717, 1.165) is 18.4 Å². The van der Waals surface area contributed by atoms with Crippen molar-refractivity contribution in [2.45, 2.75) is 32.6 Å². The van der Waals surface area contributed by atoms with Crippen LogP contribution in [0.2, 0.25) is 0 Å². The zero-order chi connectivity index (χ0) is 10.8. The van der Waals surface area contributed by atoms with E-state index in [0.29, 0.717) is 5.92 Å². The second-order valence-corrected chi connectivity index (χ2v) is 4.03. The van der Waals surface area contributed by atoms with Crippen LogP contribution in [0.25, 0.3) is 11.0 Å². The smallest absolute Gasteiger partial charge is 0.112 e. The van der Waals surface area contributed by atoms with Gasteiger partial charge in [0.05, 0.1) is 11.0 Å². The van der Waals surface area contributed by atoms with Crippen molar-refractivity contribution in [2.75, 3.05) is 0 Å². The average Bonchev–Trinajstić information content (AvgIpc) is 2.60. The minimum absolute atomic E-state index is 0.586. The van der Waals surface area contributed by atoms with Crippen LogP contribution in [0.3, 0.4) is 0 Å². The Labute approximate surface area is 90.9 Å². The molecule has 0 spiro atoms. The molecule has 0 bridgehead atoms. The molecule has 0 unspecified atom stereocenters. The number of aromatic nitrogens is 2. The number of aryl methyl sites for hydroxylation is 1. The third-order valence-electron chi connectivity index (χ3n) is 3.17. The van der Waals surface area contributed by atoms with Gasteiger partial charge in [0.25, 0.3) is 0 Å². The van der Waals surface area contributed by atoms with Gasteiger partial charge in [-0.2, -0.15) is 0 Å². The first-order valence-electron chi connectivity index (χ1n) is 5.69. The number of nitrogens with zero attached hydrogens (tertiary/aromatic N) is 2. The number of rotatable bonds is 3. The molecule has 1 heterocycles. The Hall–Kier alpha value is -1.31. The second kappa shape index (κ2) is 4.05. The summed E-state index contributed by atoms with van der Waals surface area (Å²) in [6, 6.07) is 8.34. The molecule has 1 aromatic heterocycles. The van der Waals surface area contributed by atoms with Gasteiger partial charge in [-0.15, -0.1) is 0 Å². The van der Waals surface area contributed by atoms with E-state index in [1.54, 1.807) is 0 Å². The van der Waals surface area contributed by atoms with E-state index >= 15 is 0 Å². The van der Waals surface area contributed by atoms with E-state index in [1.807, 2.05) is 6.07 Å². The lowest BCUT2D eigenvalue weighted by atomic mass is 10.0. The first-order chi connectivity index (χ1) is 7.27. The van der Waals surface area contributed by atoms with Gasteiger partial charge in [-0.05, 0) is 25.0 Å². The first kappa shape index (κ1) is 10.2. The summed E-state index contributed by atoms with van der Waals surface area (Å²) in [5.41, 5.74) is 2.35. The van der Waals surface area contributed by atoms with E-state index < -0.39 is 0 Å². The van der Waals surface area contributed by atoms with Gasteiger partial charge in [0.1, 0.15) is 5.82 Å². The zero-order valence-corrected chi connectivity index (χ0v) is 9.70. The van der Waals surface area contributed by atoms with Crippen LogP contribution in [0, 0.1) is 0 Å². The van der Waals surface area contributed by atoms with Gasteiger partial charge in [-0.1, -0.05) is 26.0 Å². The summed E-state index contributed by atoms with van der Waals surface area (Å²) < 4.78 is 2.23. The summed E-state index contributed by atoms with van der Waals surface area (Å²) in [5.74, 6) is 1.81. The Morgan fingerprint density at radius 2 is 1.87 bits per heavy atom. The maximum Gasteiger partial charge on any atom is 0.112 e. The summed E-state index contributed by atoms with van der Waals surface area (Å²) in [6.07, 6.45) is 2.32. The number of fused-ring (bicyclic) bond motifs is 1. The largest absolute Gasteiger partial charge is 0.331 e. The molecular weight excluding hydrogens is 184 g/mol.